The Hall–Kier alpha value is -1.88. The van der Waals surface area contributed by atoms with Crippen molar-refractivity contribution in [1.29, 1.82) is 0 Å². The van der Waals surface area contributed by atoms with Gasteiger partial charge in [-0.2, -0.15) is 0 Å². The summed E-state index contributed by atoms with van der Waals surface area (Å²) in [5, 5.41) is 9.96. The summed E-state index contributed by atoms with van der Waals surface area (Å²) in [5.74, 6) is -0.945. The first-order chi connectivity index (χ1) is 8.11. The lowest BCUT2D eigenvalue weighted by Crippen LogP contribution is -1.96. The van der Waals surface area contributed by atoms with E-state index in [1.807, 2.05) is 13.0 Å². The van der Waals surface area contributed by atoms with Crippen molar-refractivity contribution < 1.29 is 9.90 Å². The van der Waals surface area contributed by atoms with E-state index in [0.717, 1.165) is 17.0 Å². The van der Waals surface area contributed by atoms with Crippen molar-refractivity contribution in [1.82, 2.24) is 4.98 Å². The number of hydrogen-bond donors (Lipinski definition) is 2. The third kappa shape index (κ3) is 2.29. The number of aromatic nitrogens is 1. The summed E-state index contributed by atoms with van der Waals surface area (Å²) in [4.78, 5) is 15.8. The minimum atomic E-state index is -0.945. The van der Waals surface area contributed by atoms with E-state index in [0.29, 0.717) is 11.4 Å². The van der Waals surface area contributed by atoms with Gasteiger partial charge in [0.15, 0.2) is 0 Å². The molecule has 0 fully saturated rings. The fourth-order valence-electron chi connectivity index (χ4n) is 1.54. The molecular formula is C12H12N2O2S. The first-order valence-corrected chi connectivity index (χ1v) is 6.02. The number of nitrogen functional groups attached to an aromatic ring is 1. The molecule has 0 saturated heterocycles. The summed E-state index contributed by atoms with van der Waals surface area (Å²) in [7, 11) is 0. The van der Waals surface area contributed by atoms with Crippen molar-refractivity contribution in [3.05, 3.63) is 34.2 Å². The molecule has 0 aliphatic heterocycles. The number of aromatic carboxylic acids is 1. The molecule has 0 spiro atoms. The molecule has 5 heteroatoms. The van der Waals surface area contributed by atoms with Crippen LogP contribution in [0, 0.1) is 0 Å². The zero-order chi connectivity index (χ0) is 12.4. The number of carbonyl (C=O) groups is 1. The number of carboxylic acid groups (broad SMARTS) is 1. The second-order valence-corrected chi connectivity index (χ2v) is 4.65. The summed E-state index contributed by atoms with van der Waals surface area (Å²) in [6, 6.07) is 7.11. The Kier molecular flexibility index (Phi) is 3.10. The molecule has 88 valence electrons. The third-order valence-corrected chi connectivity index (χ3v) is 3.52. The summed E-state index contributed by atoms with van der Waals surface area (Å²) in [6.45, 7) is 1.95. The van der Waals surface area contributed by atoms with Crippen molar-refractivity contribution in [2.24, 2.45) is 0 Å². The van der Waals surface area contributed by atoms with E-state index < -0.39 is 5.97 Å². The van der Waals surface area contributed by atoms with Gasteiger partial charge in [-0.3, -0.25) is 0 Å². The highest BCUT2D eigenvalue weighted by Crippen LogP contribution is 2.29. The standard InChI is InChI=1S/C12H12N2O2S/c1-2-9-14-10(11(17-9)12(15)16)7-4-3-5-8(13)6-7/h3-6H,2,13H2,1H3,(H,15,16). The van der Waals surface area contributed by atoms with Crippen LogP contribution in [0.1, 0.15) is 21.6 Å². The van der Waals surface area contributed by atoms with E-state index in [1.165, 1.54) is 11.3 Å². The maximum atomic E-state index is 11.1. The lowest BCUT2D eigenvalue weighted by Gasteiger charge is -2.00. The van der Waals surface area contributed by atoms with Crippen molar-refractivity contribution in [2.75, 3.05) is 5.73 Å². The Bertz CT molecular complexity index is 563. The van der Waals surface area contributed by atoms with Gasteiger partial charge in [-0.05, 0) is 18.6 Å². The van der Waals surface area contributed by atoms with Crippen LogP contribution >= 0.6 is 11.3 Å². The summed E-state index contributed by atoms with van der Waals surface area (Å²) in [6.07, 6.45) is 0.729. The molecular weight excluding hydrogens is 236 g/mol. The van der Waals surface area contributed by atoms with E-state index in [-0.39, 0.29) is 4.88 Å². The van der Waals surface area contributed by atoms with Crippen LogP contribution in [0.3, 0.4) is 0 Å². The topological polar surface area (TPSA) is 76.2 Å². The second kappa shape index (κ2) is 4.55. The Morgan fingerprint density at radius 2 is 2.29 bits per heavy atom. The number of nitrogens with zero attached hydrogens (tertiary/aromatic N) is 1. The van der Waals surface area contributed by atoms with Gasteiger partial charge >= 0.3 is 5.97 Å². The highest BCUT2D eigenvalue weighted by molar-refractivity contribution is 7.14. The number of benzene rings is 1. The van der Waals surface area contributed by atoms with Gasteiger partial charge in [0.05, 0.1) is 10.7 Å². The maximum Gasteiger partial charge on any atom is 0.348 e. The Labute approximate surface area is 103 Å². The van der Waals surface area contributed by atoms with Crippen LogP contribution in [0.5, 0.6) is 0 Å². The minimum absolute atomic E-state index is 0.271. The molecule has 0 atom stereocenters. The summed E-state index contributed by atoms with van der Waals surface area (Å²) >= 11 is 1.22. The zero-order valence-corrected chi connectivity index (χ0v) is 10.1. The van der Waals surface area contributed by atoms with Crippen molar-refractivity contribution >= 4 is 23.0 Å². The average Bonchev–Trinajstić information content (AvgIpc) is 2.73. The number of hydrogen-bond acceptors (Lipinski definition) is 4. The number of anilines is 1. The van der Waals surface area contributed by atoms with Crippen LogP contribution < -0.4 is 5.73 Å². The normalized spacial score (nSPS) is 10.4. The van der Waals surface area contributed by atoms with Crippen LogP contribution in [0.2, 0.25) is 0 Å². The summed E-state index contributed by atoms with van der Waals surface area (Å²) < 4.78 is 0. The van der Waals surface area contributed by atoms with Crippen molar-refractivity contribution in [2.45, 2.75) is 13.3 Å². The van der Waals surface area contributed by atoms with Gasteiger partial charge in [-0.15, -0.1) is 11.3 Å². The number of thiazole rings is 1. The van der Waals surface area contributed by atoms with Crippen molar-refractivity contribution in [3.63, 3.8) is 0 Å². The highest BCUT2D eigenvalue weighted by Gasteiger charge is 2.17. The predicted molar refractivity (Wildman–Crippen MR) is 68.3 cm³/mol. The average molecular weight is 248 g/mol. The first kappa shape index (κ1) is 11.6. The lowest BCUT2D eigenvalue weighted by molar-refractivity contribution is 0.0702. The van der Waals surface area contributed by atoms with Crippen LogP contribution in [0.25, 0.3) is 11.3 Å². The second-order valence-electron chi connectivity index (χ2n) is 3.57. The van der Waals surface area contributed by atoms with Crippen LogP contribution in [0.4, 0.5) is 5.69 Å². The van der Waals surface area contributed by atoms with Gasteiger partial charge in [0.25, 0.3) is 0 Å². The number of carboxylic acids is 1. The molecule has 1 aromatic carbocycles. The van der Waals surface area contributed by atoms with Gasteiger partial charge < -0.3 is 10.8 Å². The Morgan fingerprint density at radius 3 is 2.88 bits per heavy atom. The SMILES string of the molecule is CCc1nc(-c2cccc(N)c2)c(C(=O)O)s1. The molecule has 1 aromatic heterocycles. The van der Waals surface area contributed by atoms with Gasteiger partial charge in [-0.25, -0.2) is 9.78 Å². The molecule has 4 nitrogen and oxygen atoms in total. The van der Waals surface area contributed by atoms with Crippen LogP contribution in [0.15, 0.2) is 24.3 Å². The molecule has 0 radical (unpaired) electrons. The van der Waals surface area contributed by atoms with E-state index in [9.17, 15) is 4.79 Å². The van der Waals surface area contributed by atoms with E-state index >= 15 is 0 Å². The maximum absolute atomic E-state index is 11.1. The largest absolute Gasteiger partial charge is 0.477 e. The number of nitrogens with two attached hydrogens (primary N) is 1. The van der Waals surface area contributed by atoms with E-state index in [2.05, 4.69) is 4.98 Å². The molecule has 0 bridgehead atoms. The zero-order valence-electron chi connectivity index (χ0n) is 9.30. The number of rotatable bonds is 3. The highest BCUT2D eigenvalue weighted by atomic mass is 32.1. The summed E-state index contributed by atoms with van der Waals surface area (Å²) in [5.41, 5.74) is 7.55. The Morgan fingerprint density at radius 1 is 1.53 bits per heavy atom. The first-order valence-electron chi connectivity index (χ1n) is 5.20. The molecule has 1 heterocycles. The van der Waals surface area contributed by atoms with E-state index in [1.54, 1.807) is 18.2 Å². The fourth-order valence-corrected chi connectivity index (χ4v) is 2.41. The lowest BCUT2D eigenvalue weighted by atomic mass is 10.1. The third-order valence-electron chi connectivity index (χ3n) is 2.33. The van der Waals surface area contributed by atoms with E-state index in [4.69, 9.17) is 10.8 Å². The minimum Gasteiger partial charge on any atom is -0.477 e. The Balaban J connectivity index is 2.57. The monoisotopic (exact) mass is 248 g/mol. The van der Waals surface area contributed by atoms with Crippen LogP contribution in [-0.2, 0) is 6.42 Å². The van der Waals surface area contributed by atoms with Gasteiger partial charge in [0, 0.05) is 11.3 Å². The van der Waals surface area contributed by atoms with Crippen LogP contribution in [-0.4, -0.2) is 16.1 Å². The number of aryl methyl sites for hydroxylation is 1. The predicted octanol–water partition coefficient (Wildman–Crippen LogP) is 2.65. The molecule has 0 unspecified atom stereocenters. The van der Waals surface area contributed by atoms with Gasteiger partial charge in [0.2, 0.25) is 0 Å². The van der Waals surface area contributed by atoms with Gasteiger partial charge in [0.1, 0.15) is 4.88 Å². The molecule has 0 aliphatic carbocycles. The molecule has 2 rings (SSSR count). The molecule has 2 aromatic rings. The molecule has 0 aliphatic rings. The molecule has 0 amide bonds. The van der Waals surface area contributed by atoms with Gasteiger partial charge in [-0.1, -0.05) is 19.1 Å². The molecule has 17 heavy (non-hydrogen) atoms. The van der Waals surface area contributed by atoms with Crippen molar-refractivity contribution in [3.8, 4) is 11.3 Å². The molecule has 0 saturated carbocycles. The smallest absolute Gasteiger partial charge is 0.348 e. The quantitative estimate of drug-likeness (QED) is 0.819. The molecule has 3 N–H and O–H groups in total. The fraction of sp³-hybridized carbons (Fsp3) is 0.167.